The van der Waals surface area contributed by atoms with Crippen LogP contribution in [-0.2, 0) is 32.7 Å². The molecule has 0 aromatic heterocycles. The summed E-state index contributed by atoms with van der Waals surface area (Å²) in [5.41, 5.74) is 0. The zero-order chi connectivity index (χ0) is 68.2. The maximum absolute atomic E-state index is 2.12. The van der Waals surface area contributed by atoms with E-state index in [9.17, 15) is 0 Å². The number of rotatable bonds is 0. The Balaban J connectivity index is -0.0000000465. The van der Waals surface area contributed by atoms with Crippen LogP contribution in [0.3, 0.4) is 0 Å². The minimum Gasteiger partial charge on any atom is -0.358 e. The fourth-order valence-electron chi connectivity index (χ4n) is 4.21. The molecule has 0 fully saturated rings. The number of fused-ring (bicyclic) bond motifs is 1. The SMILES string of the molecule is C.CC.CC.CC.CC.CC.CC.CC.CC.CC.CC.CC.CCC.CCC.[CH3-].[CH3-].[Y].c1ccc2ccccc2c1.c1ccccc1.c1ccccc1.c1ccccc1.c1ccccc1.c1ccccc1.c1ccccc1.c1ccccc1.c1ccccc1. The van der Waals surface area contributed by atoms with Crippen molar-refractivity contribution in [2.24, 2.45) is 0 Å². The van der Waals surface area contributed by atoms with Gasteiger partial charge in [-0.05, 0) is 10.8 Å². The minimum atomic E-state index is 0. The molecule has 0 atom stereocenters. The van der Waals surface area contributed by atoms with Crippen LogP contribution in [0.1, 0.15) is 200 Å². The maximum Gasteiger partial charge on any atom is 0 e. The van der Waals surface area contributed by atoms with Gasteiger partial charge in [-0.2, -0.15) is 0 Å². The van der Waals surface area contributed by atoms with Crippen molar-refractivity contribution in [1.82, 2.24) is 0 Å². The molecule has 0 heterocycles. The maximum atomic E-state index is 2.12. The Morgan fingerprint density at radius 3 is 0.233 bits per heavy atom. The standard InChI is InChI=1S/C10H8.8C6H6.2C3H8.11C2H6.CH4.2CH3.Y/c1-2-6-10-8-4-3-7-9(10)5-1;8*1-2-4-6-5-3-1;2*1-3-2;11*1-2;;;;/h1-8H;8*1-6H;2*3H2,1-2H3;11*1-2H3;1H4;2*1H3;/q;;;;;;;;;;;;;;;;;;;;;;;2*-1;. The van der Waals surface area contributed by atoms with Gasteiger partial charge < -0.3 is 14.9 Å². The van der Waals surface area contributed by atoms with E-state index in [1.165, 1.54) is 23.6 Å². The van der Waals surface area contributed by atoms with Crippen molar-refractivity contribution in [3.8, 4) is 0 Å². The molecule has 10 aromatic rings. The smallest absolute Gasteiger partial charge is 0 e. The summed E-state index contributed by atoms with van der Waals surface area (Å²) in [4.78, 5) is 0. The summed E-state index contributed by atoms with van der Waals surface area (Å²) < 4.78 is 0. The average molecular weight is 1310 g/mol. The summed E-state index contributed by atoms with van der Waals surface area (Å²) in [7, 11) is 0. The van der Waals surface area contributed by atoms with E-state index in [0.29, 0.717) is 0 Å². The summed E-state index contributed by atoms with van der Waals surface area (Å²) >= 11 is 0. The zero-order valence-corrected chi connectivity index (χ0v) is 66.2. The number of benzene rings is 10. The molecule has 0 aliphatic rings. The third-order valence-corrected chi connectivity index (χ3v) is 6.99. The summed E-state index contributed by atoms with van der Waals surface area (Å²) in [6, 6.07) is 113. The summed E-state index contributed by atoms with van der Waals surface area (Å²) in [5.74, 6) is 0. The Morgan fingerprint density at radius 1 is 0.144 bits per heavy atom. The molecule has 0 unspecified atom stereocenters. The summed E-state index contributed by atoms with van der Waals surface area (Å²) in [6.07, 6.45) is 2.50. The van der Waals surface area contributed by atoms with Gasteiger partial charge in [0.1, 0.15) is 0 Å². The third kappa shape index (κ3) is 149. The van der Waals surface area contributed by atoms with Gasteiger partial charge in [0.25, 0.3) is 0 Å². The van der Waals surface area contributed by atoms with Crippen LogP contribution >= 0.6 is 0 Å². The number of hydrogen-bond acceptors (Lipinski definition) is 0. The Kier molecular flexibility index (Phi) is 230. The van der Waals surface area contributed by atoms with Crippen molar-refractivity contribution >= 4 is 10.8 Å². The van der Waals surface area contributed by atoms with Crippen LogP contribution in [0.15, 0.2) is 340 Å². The van der Waals surface area contributed by atoms with E-state index >= 15 is 0 Å². The third-order valence-electron chi connectivity index (χ3n) is 6.99. The summed E-state index contributed by atoms with van der Waals surface area (Å²) in [6.45, 7) is 52.5. The number of hydrogen-bond donors (Lipinski definition) is 0. The Bertz CT molecular complexity index is 1510. The van der Waals surface area contributed by atoms with Gasteiger partial charge in [0.05, 0.1) is 0 Å². The molecule has 0 bridgehead atoms. The van der Waals surface area contributed by atoms with Crippen LogP contribution in [0.2, 0.25) is 0 Å². The van der Waals surface area contributed by atoms with E-state index in [-0.39, 0.29) is 55.0 Å². The van der Waals surface area contributed by atoms with Crippen molar-refractivity contribution in [2.75, 3.05) is 0 Å². The normalized spacial score (nSPS) is 6.51. The van der Waals surface area contributed by atoms with Crippen LogP contribution in [0.5, 0.6) is 0 Å². The Morgan fingerprint density at radius 2 is 0.189 bits per heavy atom. The van der Waals surface area contributed by atoms with E-state index in [1.54, 1.807) is 0 Å². The predicted molar refractivity (Wildman–Crippen MR) is 432 cm³/mol. The minimum absolute atomic E-state index is 0. The first-order chi connectivity index (χ1) is 42.8. The molecule has 0 amide bonds. The van der Waals surface area contributed by atoms with Crippen molar-refractivity contribution in [3.05, 3.63) is 355 Å². The van der Waals surface area contributed by atoms with Gasteiger partial charge in [0.15, 0.2) is 0 Å². The molecule has 0 nitrogen and oxygen atoms in total. The molecule has 509 valence electrons. The molecule has 0 aliphatic carbocycles. The fourth-order valence-corrected chi connectivity index (χ4v) is 4.21. The first-order valence-corrected chi connectivity index (χ1v) is 33.2. The van der Waals surface area contributed by atoms with Crippen LogP contribution in [0.4, 0.5) is 0 Å². The van der Waals surface area contributed by atoms with E-state index in [1.807, 2.05) is 444 Å². The van der Waals surface area contributed by atoms with E-state index in [2.05, 4.69) is 76.2 Å². The van der Waals surface area contributed by atoms with Crippen LogP contribution < -0.4 is 0 Å². The molecule has 0 saturated heterocycles. The van der Waals surface area contributed by atoms with E-state index in [4.69, 9.17) is 0 Å². The Labute approximate surface area is 593 Å². The van der Waals surface area contributed by atoms with Gasteiger partial charge >= 0.3 is 0 Å². The van der Waals surface area contributed by atoms with Gasteiger partial charge in [-0.15, -0.1) is 0 Å². The van der Waals surface area contributed by atoms with Gasteiger partial charge in [-0.1, -0.05) is 540 Å². The van der Waals surface area contributed by atoms with Crippen molar-refractivity contribution < 1.29 is 32.7 Å². The molecule has 0 saturated carbocycles. The summed E-state index contributed by atoms with van der Waals surface area (Å²) in [5, 5.41) is 2.62. The largest absolute Gasteiger partial charge is 0.358 e. The average Bonchev–Trinajstić information content (AvgIpc) is 3.25. The molecule has 10 rings (SSSR count). The van der Waals surface area contributed by atoms with Gasteiger partial charge in [-0.3, -0.25) is 0 Å². The second-order valence-electron chi connectivity index (χ2n) is 13.0. The molecule has 10 aromatic carbocycles. The molecule has 0 N–H and O–H groups in total. The molecule has 0 aliphatic heterocycles. The van der Waals surface area contributed by atoms with E-state index in [0.717, 1.165) is 0 Å². The van der Waals surface area contributed by atoms with Gasteiger partial charge in [0.2, 0.25) is 0 Å². The quantitative estimate of drug-likeness (QED) is 0.133. The Hall–Kier alpha value is -6.44. The molecule has 1 radical (unpaired) electrons. The zero-order valence-electron chi connectivity index (χ0n) is 63.3. The molecular weight excluding hydrogens is 1160 g/mol. The fraction of sp³-hybridized carbons (Fsp3) is 0.326. The van der Waals surface area contributed by atoms with Crippen LogP contribution in [0, 0.1) is 14.9 Å². The van der Waals surface area contributed by atoms with Crippen LogP contribution in [-0.4, -0.2) is 0 Å². The molecule has 0 spiro atoms. The molecule has 90 heavy (non-hydrogen) atoms. The van der Waals surface area contributed by atoms with Crippen molar-refractivity contribution in [3.63, 3.8) is 0 Å². The van der Waals surface area contributed by atoms with E-state index < -0.39 is 0 Å². The van der Waals surface area contributed by atoms with Crippen molar-refractivity contribution in [1.29, 1.82) is 0 Å². The second-order valence-corrected chi connectivity index (χ2v) is 13.0. The first-order valence-electron chi connectivity index (χ1n) is 33.2. The predicted octanol–water partition coefficient (Wildman–Crippen LogP) is 32.0. The van der Waals surface area contributed by atoms with Gasteiger partial charge in [-0.25, -0.2) is 0 Å². The topological polar surface area (TPSA) is 0 Å². The van der Waals surface area contributed by atoms with Gasteiger partial charge in [0, 0.05) is 32.7 Å². The van der Waals surface area contributed by atoms with Crippen molar-refractivity contribution in [2.45, 2.75) is 200 Å². The second kappa shape index (κ2) is 166. The first kappa shape index (κ1) is 125. The monoisotopic (exact) mass is 1310 g/mol. The molecular formula is C89H148Y-2. The van der Waals surface area contributed by atoms with Crippen LogP contribution in [0.25, 0.3) is 10.8 Å². The molecule has 1 heteroatoms.